The van der Waals surface area contributed by atoms with Gasteiger partial charge < -0.3 is 5.73 Å². The molecule has 0 radical (unpaired) electrons. The van der Waals surface area contributed by atoms with Gasteiger partial charge in [-0.05, 0) is 0 Å². The van der Waals surface area contributed by atoms with Crippen LogP contribution in [0.2, 0.25) is 0 Å². The normalized spacial score (nSPS) is 10.9. The highest BCUT2D eigenvalue weighted by Crippen LogP contribution is 2.26. The van der Waals surface area contributed by atoms with Crippen molar-refractivity contribution < 1.29 is 17.6 Å². The first kappa shape index (κ1) is 9.91. The molecule has 0 fully saturated rings. The average molecular weight is 194 g/mol. The quantitative estimate of drug-likeness (QED) is 0.575. The maximum absolute atomic E-state index is 12.7. The van der Waals surface area contributed by atoms with Gasteiger partial charge >= 0.3 is 0 Å². The molecule has 6 heteroatoms. The molecule has 0 unspecified atom stereocenters. The van der Waals surface area contributed by atoms with Gasteiger partial charge in [-0.3, -0.25) is 0 Å². The van der Waals surface area contributed by atoms with E-state index in [-0.39, 0.29) is 0 Å². The third-order valence-corrected chi connectivity index (χ3v) is 1.55. The molecule has 0 aliphatic carbocycles. The van der Waals surface area contributed by atoms with Crippen molar-refractivity contribution in [2.75, 3.05) is 0 Å². The monoisotopic (exact) mass is 194 g/mol. The van der Waals surface area contributed by atoms with E-state index in [0.717, 1.165) is 0 Å². The van der Waals surface area contributed by atoms with Crippen LogP contribution in [0.1, 0.15) is 17.6 Å². The van der Waals surface area contributed by atoms with E-state index in [0.29, 0.717) is 6.20 Å². The molecule has 0 saturated heterocycles. The summed E-state index contributed by atoms with van der Waals surface area (Å²) in [6, 6.07) is 0. The Morgan fingerprint density at radius 2 is 2.00 bits per heavy atom. The van der Waals surface area contributed by atoms with E-state index in [4.69, 9.17) is 5.73 Å². The number of nitrogens with two attached hydrogens (primary N) is 1. The van der Waals surface area contributed by atoms with Crippen molar-refractivity contribution in [3.8, 4) is 0 Å². The predicted molar refractivity (Wildman–Crippen MR) is 37.0 cm³/mol. The van der Waals surface area contributed by atoms with Gasteiger partial charge in [0.25, 0.3) is 6.43 Å². The standard InChI is InChI=1S/C7H6F4N2/c8-4-2-13-7(11)3(1-12)5(4)6(9)10/h2,6H,1,12H2. The Balaban J connectivity index is 3.35. The largest absolute Gasteiger partial charge is 0.326 e. The van der Waals surface area contributed by atoms with Crippen molar-refractivity contribution in [3.63, 3.8) is 0 Å². The lowest BCUT2D eigenvalue weighted by molar-refractivity contribution is 0.144. The van der Waals surface area contributed by atoms with E-state index in [1.165, 1.54) is 0 Å². The molecule has 1 rings (SSSR count). The van der Waals surface area contributed by atoms with Crippen molar-refractivity contribution >= 4 is 0 Å². The van der Waals surface area contributed by atoms with Crippen LogP contribution < -0.4 is 5.73 Å². The minimum absolute atomic E-state index is 0.413. The lowest BCUT2D eigenvalue weighted by Gasteiger charge is -2.07. The van der Waals surface area contributed by atoms with Crippen molar-refractivity contribution in [2.45, 2.75) is 13.0 Å². The number of halogens is 4. The third kappa shape index (κ3) is 1.77. The number of alkyl halides is 2. The summed E-state index contributed by atoms with van der Waals surface area (Å²) >= 11 is 0. The fourth-order valence-corrected chi connectivity index (χ4v) is 0.946. The summed E-state index contributed by atoms with van der Waals surface area (Å²) in [5.41, 5.74) is 3.40. The number of aromatic nitrogens is 1. The lowest BCUT2D eigenvalue weighted by atomic mass is 10.1. The van der Waals surface area contributed by atoms with Crippen molar-refractivity contribution in [1.82, 2.24) is 4.98 Å². The molecule has 0 saturated carbocycles. The van der Waals surface area contributed by atoms with E-state index in [9.17, 15) is 17.6 Å². The van der Waals surface area contributed by atoms with E-state index in [2.05, 4.69) is 4.98 Å². The Hall–Kier alpha value is -1.17. The molecule has 0 aliphatic rings. The van der Waals surface area contributed by atoms with E-state index >= 15 is 0 Å². The summed E-state index contributed by atoms with van der Waals surface area (Å²) in [5, 5.41) is 0. The minimum atomic E-state index is -3.09. The van der Waals surface area contributed by atoms with Gasteiger partial charge in [0.15, 0.2) is 5.82 Å². The minimum Gasteiger partial charge on any atom is -0.326 e. The fraction of sp³-hybridized carbons (Fsp3) is 0.286. The molecule has 0 amide bonds. The highest BCUT2D eigenvalue weighted by atomic mass is 19.3. The van der Waals surface area contributed by atoms with Gasteiger partial charge in [0, 0.05) is 12.1 Å². The van der Waals surface area contributed by atoms with Crippen LogP contribution in [0.15, 0.2) is 6.20 Å². The topological polar surface area (TPSA) is 38.9 Å². The highest BCUT2D eigenvalue weighted by Gasteiger charge is 2.21. The van der Waals surface area contributed by atoms with Gasteiger partial charge in [0.05, 0.1) is 11.8 Å². The van der Waals surface area contributed by atoms with Crippen molar-refractivity contribution in [2.24, 2.45) is 5.73 Å². The van der Waals surface area contributed by atoms with Crippen LogP contribution in [-0.2, 0) is 6.54 Å². The zero-order valence-corrected chi connectivity index (χ0v) is 6.40. The lowest BCUT2D eigenvalue weighted by Crippen LogP contribution is -2.09. The molecule has 13 heavy (non-hydrogen) atoms. The van der Waals surface area contributed by atoms with E-state index in [1.807, 2.05) is 0 Å². The third-order valence-electron chi connectivity index (χ3n) is 1.55. The van der Waals surface area contributed by atoms with E-state index in [1.54, 1.807) is 0 Å². The summed E-state index contributed by atoms with van der Waals surface area (Å²) in [7, 11) is 0. The average Bonchev–Trinajstić information content (AvgIpc) is 2.07. The van der Waals surface area contributed by atoms with Gasteiger partial charge in [0.2, 0.25) is 5.95 Å². The second-order valence-corrected chi connectivity index (χ2v) is 2.29. The summed E-state index contributed by atoms with van der Waals surface area (Å²) in [6.45, 7) is -0.504. The van der Waals surface area contributed by atoms with E-state index < -0.39 is 35.9 Å². The van der Waals surface area contributed by atoms with Gasteiger partial charge in [-0.1, -0.05) is 0 Å². The summed E-state index contributed by atoms with van der Waals surface area (Å²) < 4.78 is 49.7. The maximum Gasteiger partial charge on any atom is 0.267 e. The second-order valence-electron chi connectivity index (χ2n) is 2.29. The molecule has 0 aliphatic heterocycles. The maximum atomic E-state index is 12.7. The zero-order chi connectivity index (χ0) is 10.0. The molecule has 0 aromatic carbocycles. The van der Waals surface area contributed by atoms with Gasteiger partial charge in [-0.2, -0.15) is 4.39 Å². The molecular weight excluding hydrogens is 188 g/mol. The molecule has 0 bridgehead atoms. The van der Waals surface area contributed by atoms with Crippen LogP contribution in [-0.4, -0.2) is 4.98 Å². The van der Waals surface area contributed by atoms with Crippen LogP contribution in [0.25, 0.3) is 0 Å². The Labute approximate surface area is 71.4 Å². The van der Waals surface area contributed by atoms with Crippen molar-refractivity contribution in [1.29, 1.82) is 0 Å². The number of rotatable bonds is 2. The molecular formula is C7H6F4N2. The first-order valence-electron chi connectivity index (χ1n) is 3.39. The summed E-state index contributed by atoms with van der Waals surface area (Å²) in [6.07, 6.45) is -2.67. The molecule has 1 aromatic heterocycles. The molecule has 1 heterocycles. The molecule has 1 aromatic rings. The molecule has 2 nitrogen and oxygen atoms in total. The predicted octanol–water partition coefficient (Wildman–Crippen LogP) is 1.76. The second kappa shape index (κ2) is 3.69. The Kier molecular flexibility index (Phi) is 2.82. The van der Waals surface area contributed by atoms with Gasteiger partial charge in [0.1, 0.15) is 0 Å². The Bertz CT molecular complexity index is 314. The fourth-order valence-electron chi connectivity index (χ4n) is 0.946. The van der Waals surface area contributed by atoms with Gasteiger partial charge in [-0.25, -0.2) is 18.2 Å². The van der Waals surface area contributed by atoms with Crippen LogP contribution in [0.4, 0.5) is 17.6 Å². The molecule has 0 spiro atoms. The first-order chi connectivity index (χ1) is 6.07. The Morgan fingerprint density at radius 1 is 1.38 bits per heavy atom. The SMILES string of the molecule is NCc1c(F)ncc(F)c1C(F)F. The summed E-state index contributed by atoms with van der Waals surface area (Å²) in [4.78, 5) is 2.94. The zero-order valence-electron chi connectivity index (χ0n) is 6.40. The summed E-state index contributed by atoms with van der Waals surface area (Å²) in [5.74, 6) is -2.39. The van der Waals surface area contributed by atoms with Crippen molar-refractivity contribution in [3.05, 3.63) is 29.1 Å². The first-order valence-corrected chi connectivity index (χ1v) is 3.39. The number of pyridine rings is 1. The van der Waals surface area contributed by atoms with Gasteiger partial charge in [-0.15, -0.1) is 0 Å². The Morgan fingerprint density at radius 3 is 2.38 bits per heavy atom. The van der Waals surface area contributed by atoms with Crippen LogP contribution in [0.5, 0.6) is 0 Å². The highest BCUT2D eigenvalue weighted by molar-refractivity contribution is 5.26. The number of hydrogen-bond acceptors (Lipinski definition) is 2. The van der Waals surface area contributed by atoms with Crippen LogP contribution >= 0.6 is 0 Å². The molecule has 0 atom stereocenters. The molecule has 2 N–H and O–H groups in total. The van der Waals surface area contributed by atoms with Crippen LogP contribution in [0, 0.1) is 11.8 Å². The smallest absolute Gasteiger partial charge is 0.267 e. The van der Waals surface area contributed by atoms with Crippen LogP contribution in [0.3, 0.4) is 0 Å². The number of nitrogens with zero attached hydrogens (tertiary/aromatic N) is 1. The molecule has 72 valence electrons. The number of hydrogen-bond donors (Lipinski definition) is 1.